The summed E-state index contributed by atoms with van der Waals surface area (Å²) in [5.74, 6) is 3.61. The molecule has 4 rings (SSSR count). The molecule has 0 bridgehead atoms. The fourth-order valence-corrected chi connectivity index (χ4v) is 3.19. The molecule has 1 N–H and O–H groups in total. The Bertz CT molecular complexity index is 679. The van der Waals surface area contributed by atoms with Gasteiger partial charge in [0.2, 0.25) is 0 Å². The Labute approximate surface area is 136 Å². The summed E-state index contributed by atoms with van der Waals surface area (Å²) in [5, 5.41) is 3.70. The first-order chi connectivity index (χ1) is 11.3. The number of ether oxygens (including phenoxy) is 2. The van der Waals surface area contributed by atoms with Crippen molar-refractivity contribution in [3.05, 3.63) is 42.0 Å². The quantitative estimate of drug-likeness (QED) is 0.890. The van der Waals surface area contributed by atoms with Gasteiger partial charge >= 0.3 is 0 Å². The maximum Gasteiger partial charge on any atom is 0.161 e. The Morgan fingerprint density at radius 1 is 1.26 bits per heavy atom. The summed E-state index contributed by atoms with van der Waals surface area (Å²) >= 11 is 0. The summed E-state index contributed by atoms with van der Waals surface area (Å²) in [7, 11) is 2.07. The van der Waals surface area contributed by atoms with Gasteiger partial charge in [-0.2, -0.15) is 0 Å². The number of imidazole rings is 1. The smallest absolute Gasteiger partial charge is 0.161 e. The lowest BCUT2D eigenvalue weighted by Gasteiger charge is -2.20. The zero-order valence-corrected chi connectivity index (χ0v) is 13.5. The minimum absolute atomic E-state index is 0.368. The topological polar surface area (TPSA) is 48.3 Å². The highest BCUT2D eigenvalue weighted by Gasteiger charge is 2.34. The van der Waals surface area contributed by atoms with Gasteiger partial charge in [0, 0.05) is 19.4 Å². The SMILES string of the molecule is Cn1ccnc1[C@H](NCCc1ccc2c(c1)OCCO2)C1CC1. The van der Waals surface area contributed by atoms with Crippen molar-refractivity contribution >= 4 is 0 Å². The first-order valence-corrected chi connectivity index (χ1v) is 8.40. The molecular weight excluding hydrogens is 290 g/mol. The van der Waals surface area contributed by atoms with E-state index in [9.17, 15) is 0 Å². The van der Waals surface area contributed by atoms with Crippen LogP contribution in [0, 0.1) is 5.92 Å². The maximum absolute atomic E-state index is 5.66. The molecular formula is C18H23N3O2. The van der Waals surface area contributed by atoms with Crippen LogP contribution in [0.5, 0.6) is 11.5 Å². The number of rotatable bonds is 6. The van der Waals surface area contributed by atoms with Crippen molar-refractivity contribution in [2.45, 2.75) is 25.3 Å². The molecule has 1 fully saturated rings. The van der Waals surface area contributed by atoms with Crippen LogP contribution in [0.25, 0.3) is 0 Å². The van der Waals surface area contributed by atoms with E-state index in [-0.39, 0.29) is 0 Å². The second kappa shape index (κ2) is 6.24. The molecule has 2 heterocycles. The molecule has 1 aliphatic heterocycles. The standard InChI is InChI=1S/C18H23N3O2/c1-21-9-8-20-18(21)17(14-3-4-14)19-7-6-13-2-5-15-16(12-13)23-11-10-22-15/h2,5,8-9,12,14,17,19H,3-4,6-7,10-11H2,1H3/t17-/m1/s1. The number of fused-ring (bicyclic) bond motifs is 1. The summed E-state index contributed by atoms with van der Waals surface area (Å²) in [6.45, 7) is 2.21. The van der Waals surface area contributed by atoms with Crippen LogP contribution in [0.2, 0.25) is 0 Å². The molecule has 23 heavy (non-hydrogen) atoms. The minimum Gasteiger partial charge on any atom is -0.486 e. The summed E-state index contributed by atoms with van der Waals surface area (Å²) in [4.78, 5) is 4.52. The van der Waals surface area contributed by atoms with E-state index in [1.165, 1.54) is 18.4 Å². The second-order valence-corrected chi connectivity index (χ2v) is 6.39. The van der Waals surface area contributed by atoms with Gasteiger partial charge in [-0.25, -0.2) is 4.98 Å². The minimum atomic E-state index is 0.368. The molecule has 2 aromatic rings. The average Bonchev–Trinajstić information content (AvgIpc) is 3.33. The largest absolute Gasteiger partial charge is 0.486 e. The predicted molar refractivity (Wildman–Crippen MR) is 87.8 cm³/mol. The van der Waals surface area contributed by atoms with Crippen molar-refractivity contribution in [3.63, 3.8) is 0 Å². The molecule has 1 aliphatic carbocycles. The number of nitrogens with zero attached hydrogens (tertiary/aromatic N) is 2. The van der Waals surface area contributed by atoms with Gasteiger partial charge < -0.3 is 19.4 Å². The van der Waals surface area contributed by atoms with E-state index in [2.05, 4.69) is 34.0 Å². The number of hydrogen-bond donors (Lipinski definition) is 1. The van der Waals surface area contributed by atoms with Gasteiger partial charge in [0.05, 0.1) is 6.04 Å². The molecule has 5 nitrogen and oxygen atoms in total. The van der Waals surface area contributed by atoms with Crippen LogP contribution in [0.3, 0.4) is 0 Å². The number of aryl methyl sites for hydroxylation is 1. The fourth-order valence-electron chi connectivity index (χ4n) is 3.19. The van der Waals surface area contributed by atoms with Crippen LogP contribution >= 0.6 is 0 Å². The molecule has 1 aromatic carbocycles. The first kappa shape index (κ1) is 14.6. The molecule has 0 unspecified atom stereocenters. The van der Waals surface area contributed by atoms with E-state index in [0.717, 1.165) is 36.2 Å². The van der Waals surface area contributed by atoms with Crippen LogP contribution in [0.15, 0.2) is 30.6 Å². The highest BCUT2D eigenvalue weighted by molar-refractivity contribution is 5.43. The van der Waals surface area contributed by atoms with Crippen molar-refractivity contribution in [2.24, 2.45) is 13.0 Å². The van der Waals surface area contributed by atoms with Gasteiger partial charge in [0.1, 0.15) is 19.0 Å². The Morgan fingerprint density at radius 2 is 2.09 bits per heavy atom. The van der Waals surface area contributed by atoms with Crippen LogP contribution in [0.1, 0.15) is 30.3 Å². The summed E-state index contributed by atoms with van der Waals surface area (Å²) in [6.07, 6.45) is 7.48. The number of nitrogens with one attached hydrogen (secondary N) is 1. The average molecular weight is 313 g/mol. The fraction of sp³-hybridized carbons (Fsp3) is 0.500. The van der Waals surface area contributed by atoms with Crippen LogP contribution < -0.4 is 14.8 Å². The third-order valence-corrected chi connectivity index (χ3v) is 4.61. The Balaban J connectivity index is 1.38. The van der Waals surface area contributed by atoms with E-state index in [1.54, 1.807) is 0 Å². The van der Waals surface area contributed by atoms with Crippen molar-refractivity contribution in [1.82, 2.24) is 14.9 Å². The predicted octanol–water partition coefficient (Wildman–Crippen LogP) is 2.47. The number of hydrogen-bond acceptors (Lipinski definition) is 4. The molecule has 5 heteroatoms. The highest BCUT2D eigenvalue weighted by atomic mass is 16.6. The lowest BCUT2D eigenvalue weighted by Crippen LogP contribution is -2.27. The lowest BCUT2D eigenvalue weighted by molar-refractivity contribution is 0.171. The van der Waals surface area contributed by atoms with Gasteiger partial charge in [-0.3, -0.25) is 0 Å². The van der Waals surface area contributed by atoms with Gasteiger partial charge in [-0.05, 0) is 49.4 Å². The van der Waals surface area contributed by atoms with E-state index in [0.29, 0.717) is 19.3 Å². The zero-order valence-electron chi connectivity index (χ0n) is 13.5. The third kappa shape index (κ3) is 3.20. The van der Waals surface area contributed by atoms with Crippen LogP contribution in [0.4, 0.5) is 0 Å². The normalized spacial score (nSPS) is 18.0. The zero-order chi connectivity index (χ0) is 15.6. The van der Waals surface area contributed by atoms with Crippen molar-refractivity contribution in [3.8, 4) is 11.5 Å². The van der Waals surface area contributed by atoms with Crippen LogP contribution in [-0.4, -0.2) is 29.3 Å². The molecule has 0 radical (unpaired) electrons. The number of aromatic nitrogens is 2. The van der Waals surface area contributed by atoms with Crippen molar-refractivity contribution in [2.75, 3.05) is 19.8 Å². The van der Waals surface area contributed by atoms with E-state index in [4.69, 9.17) is 9.47 Å². The maximum atomic E-state index is 5.66. The van der Waals surface area contributed by atoms with Gasteiger partial charge in [0.25, 0.3) is 0 Å². The monoisotopic (exact) mass is 313 g/mol. The Hall–Kier alpha value is -2.01. The van der Waals surface area contributed by atoms with Gasteiger partial charge in [0.15, 0.2) is 11.5 Å². The molecule has 1 aromatic heterocycles. The van der Waals surface area contributed by atoms with Gasteiger partial charge in [-0.15, -0.1) is 0 Å². The van der Waals surface area contributed by atoms with Crippen LogP contribution in [-0.2, 0) is 13.5 Å². The molecule has 0 amide bonds. The van der Waals surface area contributed by atoms with Gasteiger partial charge in [-0.1, -0.05) is 6.07 Å². The molecule has 1 saturated carbocycles. The van der Waals surface area contributed by atoms with Crippen molar-refractivity contribution in [1.29, 1.82) is 0 Å². The number of benzene rings is 1. The highest BCUT2D eigenvalue weighted by Crippen LogP contribution is 2.40. The lowest BCUT2D eigenvalue weighted by atomic mass is 10.1. The summed E-state index contributed by atoms with van der Waals surface area (Å²) in [6, 6.07) is 6.61. The summed E-state index contributed by atoms with van der Waals surface area (Å²) < 4.78 is 13.4. The summed E-state index contributed by atoms with van der Waals surface area (Å²) in [5.41, 5.74) is 1.27. The Kier molecular flexibility index (Phi) is 3.95. The molecule has 0 saturated heterocycles. The van der Waals surface area contributed by atoms with E-state index < -0.39 is 0 Å². The molecule has 0 spiro atoms. The van der Waals surface area contributed by atoms with Crippen molar-refractivity contribution < 1.29 is 9.47 Å². The molecule has 2 aliphatic rings. The first-order valence-electron chi connectivity index (χ1n) is 8.40. The molecule has 122 valence electrons. The molecule has 1 atom stereocenters. The third-order valence-electron chi connectivity index (χ3n) is 4.61. The Morgan fingerprint density at radius 3 is 2.83 bits per heavy atom. The second-order valence-electron chi connectivity index (χ2n) is 6.39. The van der Waals surface area contributed by atoms with E-state index >= 15 is 0 Å². The van der Waals surface area contributed by atoms with E-state index in [1.807, 2.05) is 18.5 Å².